The largest absolute Gasteiger partial charge is 0.508 e. The molecule has 0 amide bonds. The van der Waals surface area contributed by atoms with E-state index in [1.807, 2.05) is 0 Å². The van der Waals surface area contributed by atoms with Crippen molar-refractivity contribution in [1.82, 2.24) is 0 Å². The van der Waals surface area contributed by atoms with Crippen molar-refractivity contribution in [1.29, 1.82) is 0 Å². The molecule has 0 saturated heterocycles. The third kappa shape index (κ3) is 7.63. The number of carbonyl (C=O) groups is 2. The summed E-state index contributed by atoms with van der Waals surface area (Å²) in [7, 11) is 0. The zero-order valence-corrected chi connectivity index (χ0v) is 14.3. The summed E-state index contributed by atoms with van der Waals surface area (Å²) >= 11 is 0. The van der Waals surface area contributed by atoms with Crippen LogP contribution in [-0.2, 0) is 22.4 Å². The molecule has 27 heavy (non-hydrogen) atoms. The fraction of sp³-hybridized carbons (Fsp3) is 0.222. The topological polar surface area (TPSA) is 187 Å². The normalized spacial score (nSPS) is 12.4. The Hall–Kier alpha value is -3.30. The lowest BCUT2D eigenvalue weighted by Gasteiger charge is -2.06. The molecule has 146 valence electrons. The molecule has 1 unspecified atom stereocenters. The van der Waals surface area contributed by atoms with Crippen LogP contribution in [0.4, 0.5) is 0 Å². The highest BCUT2D eigenvalue weighted by Crippen LogP contribution is 2.25. The van der Waals surface area contributed by atoms with Gasteiger partial charge in [-0.1, -0.05) is 18.2 Å². The molecule has 2 aromatic rings. The standard InChI is InChI=1S/C9H11NO4.C9H11NO3/c10-6(9(13)14)3-5-1-2-7(11)8(12)4-5;10-8(9(12)13)5-6-1-3-7(11)4-2-6/h1-2,4,6,11-12H,3,10H2,(H,13,14);1-4,8,11H,5,10H2,(H,12,13)/t6-;/m0./s1. The van der Waals surface area contributed by atoms with E-state index in [4.69, 9.17) is 37.0 Å². The van der Waals surface area contributed by atoms with Crippen LogP contribution in [0.15, 0.2) is 42.5 Å². The summed E-state index contributed by atoms with van der Waals surface area (Å²) < 4.78 is 0. The van der Waals surface area contributed by atoms with E-state index in [0.717, 1.165) is 5.56 Å². The predicted octanol–water partition coefficient (Wildman–Crippen LogP) is 0.399. The summed E-state index contributed by atoms with van der Waals surface area (Å²) in [6.45, 7) is 0. The molecule has 0 radical (unpaired) electrons. The Morgan fingerprint density at radius 3 is 1.63 bits per heavy atom. The molecule has 9 heteroatoms. The second-order valence-corrected chi connectivity index (χ2v) is 5.79. The lowest BCUT2D eigenvalue weighted by molar-refractivity contribution is -0.139. The summed E-state index contributed by atoms with van der Waals surface area (Å²) in [6, 6.07) is 8.52. The number of carboxylic acids is 2. The minimum Gasteiger partial charge on any atom is -0.508 e. The number of aliphatic carboxylic acids is 2. The molecule has 0 spiro atoms. The molecular formula is C18H22N2O7. The van der Waals surface area contributed by atoms with Crippen molar-refractivity contribution in [3.63, 3.8) is 0 Å². The van der Waals surface area contributed by atoms with Gasteiger partial charge in [-0.3, -0.25) is 9.59 Å². The number of benzene rings is 2. The van der Waals surface area contributed by atoms with Crippen LogP contribution in [0.25, 0.3) is 0 Å². The second kappa shape index (κ2) is 10.00. The first-order chi connectivity index (χ1) is 12.6. The number of hydrogen-bond acceptors (Lipinski definition) is 7. The van der Waals surface area contributed by atoms with Gasteiger partial charge in [0.1, 0.15) is 17.8 Å². The number of nitrogens with two attached hydrogens (primary N) is 2. The monoisotopic (exact) mass is 378 g/mol. The Morgan fingerprint density at radius 2 is 1.19 bits per heavy atom. The molecule has 0 heterocycles. The highest BCUT2D eigenvalue weighted by Gasteiger charge is 2.13. The van der Waals surface area contributed by atoms with Crippen LogP contribution < -0.4 is 11.5 Å². The van der Waals surface area contributed by atoms with Gasteiger partial charge in [0.05, 0.1) is 0 Å². The van der Waals surface area contributed by atoms with E-state index in [1.165, 1.54) is 30.3 Å². The van der Waals surface area contributed by atoms with Crippen molar-refractivity contribution in [2.75, 3.05) is 0 Å². The first-order valence-electron chi connectivity index (χ1n) is 7.85. The highest BCUT2D eigenvalue weighted by molar-refractivity contribution is 5.74. The van der Waals surface area contributed by atoms with Gasteiger partial charge in [-0.2, -0.15) is 0 Å². The maximum Gasteiger partial charge on any atom is 0.320 e. The first-order valence-corrected chi connectivity index (χ1v) is 7.85. The second-order valence-electron chi connectivity index (χ2n) is 5.79. The van der Waals surface area contributed by atoms with E-state index in [0.29, 0.717) is 5.56 Å². The Labute approximate surface area is 155 Å². The van der Waals surface area contributed by atoms with Gasteiger partial charge in [0.2, 0.25) is 0 Å². The van der Waals surface area contributed by atoms with Crippen LogP contribution in [0.5, 0.6) is 17.2 Å². The van der Waals surface area contributed by atoms with E-state index < -0.39 is 24.0 Å². The van der Waals surface area contributed by atoms with Crippen LogP contribution >= 0.6 is 0 Å². The number of phenols is 3. The van der Waals surface area contributed by atoms with Gasteiger partial charge in [-0.15, -0.1) is 0 Å². The van der Waals surface area contributed by atoms with Crippen LogP contribution in [0.2, 0.25) is 0 Å². The zero-order chi connectivity index (χ0) is 20.6. The molecule has 9 N–H and O–H groups in total. The van der Waals surface area contributed by atoms with Gasteiger partial charge in [0.25, 0.3) is 0 Å². The smallest absolute Gasteiger partial charge is 0.320 e. The number of hydrogen-bond donors (Lipinski definition) is 7. The molecule has 0 saturated carbocycles. The Bertz CT molecular complexity index is 778. The summed E-state index contributed by atoms with van der Waals surface area (Å²) in [6.07, 6.45) is 0.388. The minimum atomic E-state index is -1.10. The summed E-state index contributed by atoms with van der Waals surface area (Å²) in [5, 5.41) is 44.1. The van der Waals surface area contributed by atoms with Crippen molar-refractivity contribution in [3.8, 4) is 17.2 Å². The molecule has 0 aromatic heterocycles. The fourth-order valence-electron chi connectivity index (χ4n) is 2.01. The number of aromatic hydroxyl groups is 3. The molecule has 0 aliphatic carbocycles. The Balaban J connectivity index is 0.000000271. The van der Waals surface area contributed by atoms with E-state index in [2.05, 4.69) is 0 Å². The summed E-state index contributed by atoms with van der Waals surface area (Å²) in [4.78, 5) is 20.8. The molecule has 2 aromatic carbocycles. The van der Waals surface area contributed by atoms with Crippen LogP contribution in [0.1, 0.15) is 11.1 Å². The van der Waals surface area contributed by atoms with Gasteiger partial charge >= 0.3 is 11.9 Å². The van der Waals surface area contributed by atoms with Crippen LogP contribution in [-0.4, -0.2) is 49.6 Å². The molecule has 0 bridgehead atoms. The van der Waals surface area contributed by atoms with Gasteiger partial charge in [-0.05, 0) is 48.2 Å². The third-order valence-corrected chi connectivity index (χ3v) is 3.52. The van der Waals surface area contributed by atoms with Crippen LogP contribution in [0, 0.1) is 0 Å². The molecule has 2 rings (SSSR count). The number of phenolic OH excluding ortho intramolecular Hbond substituents is 3. The minimum absolute atomic E-state index is 0.114. The molecule has 0 aliphatic heterocycles. The van der Waals surface area contributed by atoms with E-state index in [9.17, 15) is 9.59 Å². The number of carboxylic acid groups (broad SMARTS) is 2. The Morgan fingerprint density at radius 1 is 0.741 bits per heavy atom. The zero-order valence-electron chi connectivity index (χ0n) is 14.3. The average Bonchev–Trinajstić information content (AvgIpc) is 2.60. The Kier molecular flexibility index (Phi) is 8.05. The SMILES string of the molecule is NC(Cc1ccc(O)cc1)C(=O)O.N[C@@H](Cc1ccc(O)c(O)c1)C(=O)O. The predicted molar refractivity (Wildman–Crippen MR) is 96.5 cm³/mol. The molecule has 0 aliphatic rings. The number of rotatable bonds is 6. The van der Waals surface area contributed by atoms with Crippen molar-refractivity contribution in [3.05, 3.63) is 53.6 Å². The highest BCUT2D eigenvalue weighted by atomic mass is 16.4. The first kappa shape index (κ1) is 21.7. The lowest BCUT2D eigenvalue weighted by atomic mass is 10.1. The summed E-state index contributed by atoms with van der Waals surface area (Å²) in [5.41, 5.74) is 12.0. The maximum absolute atomic E-state index is 10.4. The molecule has 2 atom stereocenters. The van der Waals surface area contributed by atoms with Gasteiger partial charge in [-0.25, -0.2) is 0 Å². The molecule has 0 fully saturated rings. The van der Waals surface area contributed by atoms with Crippen molar-refractivity contribution < 1.29 is 35.1 Å². The summed E-state index contributed by atoms with van der Waals surface area (Å²) in [5.74, 6) is -2.48. The van der Waals surface area contributed by atoms with Crippen molar-refractivity contribution >= 4 is 11.9 Å². The van der Waals surface area contributed by atoms with E-state index in [1.54, 1.807) is 12.1 Å². The molecular weight excluding hydrogens is 356 g/mol. The van der Waals surface area contributed by atoms with E-state index >= 15 is 0 Å². The van der Waals surface area contributed by atoms with Gasteiger partial charge < -0.3 is 37.0 Å². The lowest BCUT2D eigenvalue weighted by Crippen LogP contribution is -2.32. The van der Waals surface area contributed by atoms with Crippen molar-refractivity contribution in [2.24, 2.45) is 11.5 Å². The van der Waals surface area contributed by atoms with Crippen molar-refractivity contribution in [2.45, 2.75) is 24.9 Å². The molecule has 9 nitrogen and oxygen atoms in total. The average molecular weight is 378 g/mol. The maximum atomic E-state index is 10.4. The third-order valence-electron chi connectivity index (χ3n) is 3.52. The van der Waals surface area contributed by atoms with Gasteiger partial charge in [0.15, 0.2) is 11.5 Å². The van der Waals surface area contributed by atoms with Crippen LogP contribution in [0.3, 0.4) is 0 Å². The quantitative estimate of drug-likeness (QED) is 0.349. The van der Waals surface area contributed by atoms with E-state index in [-0.39, 0.29) is 30.1 Å². The fourth-order valence-corrected chi connectivity index (χ4v) is 2.01. The van der Waals surface area contributed by atoms with Gasteiger partial charge in [0, 0.05) is 0 Å².